The lowest BCUT2D eigenvalue weighted by Gasteiger charge is -2.13. The summed E-state index contributed by atoms with van der Waals surface area (Å²) >= 11 is 1.89. The lowest BCUT2D eigenvalue weighted by Crippen LogP contribution is -2.11. The van der Waals surface area contributed by atoms with Crippen molar-refractivity contribution in [2.24, 2.45) is 0 Å². The van der Waals surface area contributed by atoms with Gasteiger partial charge in [0.1, 0.15) is 0 Å². The van der Waals surface area contributed by atoms with Crippen molar-refractivity contribution >= 4 is 22.6 Å². The Bertz CT molecular complexity index is 361. The lowest BCUT2D eigenvalue weighted by atomic mass is 10.0. The van der Waals surface area contributed by atoms with Gasteiger partial charge in [-0.25, -0.2) is 0 Å². The summed E-state index contributed by atoms with van der Waals surface area (Å²) in [6.07, 6.45) is -9.35. The number of benzene rings is 1. The van der Waals surface area contributed by atoms with Crippen LogP contribution in [0.1, 0.15) is 16.7 Å². The smallest absolute Gasteiger partial charge is 0.166 e. The molecule has 0 unspecified atom stereocenters. The van der Waals surface area contributed by atoms with E-state index < -0.39 is 23.5 Å². The molecule has 1 aromatic rings. The van der Waals surface area contributed by atoms with Gasteiger partial charge in [-0.1, -0.05) is 22.6 Å². The topological polar surface area (TPSA) is 0 Å². The molecule has 0 fully saturated rings. The maximum Gasteiger partial charge on any atom is 0.416 e. The van der Waals surface area contributed by atoms with Crippen LogP contribution in [0.25, 0.3) is 0 Å². The molecule has 0 aliphatic rings. The normalized spacial score (nSPS) is 12.9. The summed E-state index contributed by atoms with van der Waals surface area (Å²) < 4.78 is 74.9. The third kappa shape index (κ3) is 4.04. The summed E-state index contributed by atoms with van der Waals surface area (Å²) in [6.45, 7) is 0. The first-order chi connectivity index (χ1) is 7.64. The average molecular weight is 368 g/mol. The number of hydrogen-bond donors (Lipinski definition) is 0. The first-order valence-electron chi connectivity index (χ1n) is 4.49. The van der Waals surface area contributed by atoms with Gasteiger partial charge in [0.05, 0.1) is 11.1 Å². The Balaban J connectivity index is 3.29. The highest BCUT2D eigenvalue weighted by atomic mass is 127. The van der Waals surface area contributed by atoms with E-state index in [1.165, 1.54) is 0 Å². The van der Waals surface area contributed by atoms with Gasteiger partial charge >= 0.3 is 12.4 Å². The quantitative estimate of drug-likeness (QED) is 0.403. The van der Waals surface area contributed by atoms with Gasteiger partial charge < -0.3 is 0 Å². The van der Waals surface area contributed by atoms with Crippen LogP contribution in [0.2, 0.25) is 0 Å². The zero-order valence-corrected chi connectivity index (χ0v) is 10.4. The van der Waals surface area contributed by atoms with Crippen molar-refractivity contribution in [3.05, 3.63) is 34.9 Å². The SMILES string of the molecule is FC(F)(F)c1cc(CCI)cc(C(F)(F)F)c1. The van der Waals surface area contributed by atoms with Gasteiger partial charge in [0.15, 0.2) is 0 Å². The molecule has 0 heterocycles. The summed E-state index contributed by atoms with van der Waals surface area (Å²) in [4.78, 5) is 0. The first kappa shape index (κ1) is 14.6. The average Bonchev–Trinajstić information content (AvgIpc) is 2.15. The molecule has 0 N–H and O–H groups in total. The zero-order chi connectivity index (χ0) is 13.3. The van der Waals surface area contributed by atoms with Crippen LogP contribution >= 0.6 is 22.6 Å². The van der Waals surface area contributed by atoms with Crippen LogP contribution in [0, 0.1) is 0 Å². The minimum absolute atomic E-state index is 0.0431. The molecule has 0 saturated heterocycles. The van der Waals surface area contributed by atoms with Crippen molar-refractivity contribution in [1.82, 2.24) is 0 Å². The minimum atomic E-state index is -4.76. The first-order valence-corrected chi connectivity index (χ1v) is 6.01. The molecule has 7 heteroatoms. The molecule has 0 radical (unpaired) electrons. The van der Waals surface area contributed by atoms with E-state index in [4.69, 9.17) is 0 Å². The highest BCUT2D eigenvalue weighted by Crippen LogP contribution is 2.36. The Morgan fingerprint density at radius 2 is 1.24 bits per heavy atom. The summed E-state index contributed by atoms with van der Waals surface area (Å²) in [5, 5.41) is 0. The summed E-state index contributed by atoms with van der Waals surface area (Å²) in [6, 6.07) is 1.65. The number of hydrogen-bond acceptors (Lipinski definition) is 0. The second-order valence-corrected chi connectivity index (χ2v) is 4.43. The molecule has 0 atom stereocenters. The van der Waals surface area contributed by atoms with Gasteiger partial charge in [0.2, 0.25) is 0 Å². The van der Waals surface area contributed by atoms with E-state index in [1.54, 1.807) is 0 Å². The lowest BCUT2D eigenvalue weighted by molar-refractivity contribution is -0.143. The van der Waals surface area contributed by atoms with Gasteiger partial charge in [-0.2, -0.15) is 26.3 Å². The number of alkyl halides is 7. The Morgan fingerprint density at radius 1 is 0.824 bits per heavy atom. The Hall–Kier alpha value is -0.470. The van der Waals surface area contributed by atoms with Gasteiger partial charge in [0.25, 0.3) is 0 Å². The molecule has 0 spiro atoms. The van der Waals surface area contributed by atoms with Crippen LogP contribution in [0.3, 0.4) is 0 Å². The largest absolute Gasteiger partial charge is 0.416 e. The molecule has 0 saturated carbocycles. The number of aryl methyl sites for hydroxylation is 1. The maximum atomic E-state index is 12.4. The molecule has 1 rings (SSSR count). The molecule has 0 aliphatic heterocycles. The molecule has 0 aromatic heterocycles. The predicted molar refractivity (Wildman–Crippen MR) is 59.0 cm³/mol. The molecule has 0 aliphatic carbocycles. The second-order valence-electron chi connectivity index (χ2n) is 3.35. The second kappa shape index (κ2) is 5.03. The predicted octanol–water partition coefficient (Wildman–Crippen LogP) is 4.70. The summed E-state index contributed by atoms with van der Waals surface area (Å²) in [7, 11) is 0. The fourth-order valence-corrected chi connectivity index (χ4v) is 1.90. The van der Waals surface area contributed by atoms with Crippen LogP contribution in [0.4, 0.5) is 26.3 Å². The van der Waals surface area contributed by atoms with Crippen LogP contribution in [0.15, 0.2) is 18.2 Å². The van der Waals surface area contributed by atoms with Gasteiger partial charge in [-0.05, 0) is 30.2 Å². The molecule has 0 bridgehead atoms. The molecule has 0 amide bonds. The van der Waals surface area contributed by atoms with Gasteiger partial charge in [-0.15, -0.1) is 0 Å². The third-order valence-corrected chi connectivity index (χ3v) is 2.57. The minimum Gasteiger partial charge on any atom is -0.166 e. The fraction of sp³-hybridized carbons (Fsp3) is 0.400. The third-order valence-electron chi connectivity index (χ3n) is 2.03. The van der Waals surface area contributed by atoms with E-state index in [2.05, 4.69) is 0 Å². The van der Waals surface area contributed by atoms with E-state index >= 15 is 0 Å². The maximum absolute atomic E-state index is 12.4. The van der Waals surface area contributed by atoms with Crippen LogP contribution in [-0.2, 0) is 18.8 Å². The van der Waals surface area contributed by atoms with Gasteiger partial charge in [0, 0.05) is 4.43 Å². The number of halogens is 7. The highest BCUT2D eigenvalue weighted by Gasteiger charge is 2.36. The zero-order valence-electron chi connectivity index (χ0n) is 8.29. The van der Waals surface area contributed by atoms with E-state index in [0.29, 0.717) is 4.43 Å². The van der Waals surface area contributed by atoms with Gasteiger partial charge in [-0.3, -0.25) is 0 Å². The molecule has 1 aromatic carbocycles. The summed E-state index contributed by atoms with van der Waals surface area (Å²) in [5.41, 5.74) is -2.47. The van der Waals surface area contributed by atoms with Crippen LogP contribution in [-0.4, -0.2) is 4.43 Å². The monoisotopic (exact) mass is 368 g/mol. The summed E-state index contributed by atoms with van der Waals surface area (Å²) in [5.74, 6) is 0. The van der Waals surface area contributed by atoms with Crippen molar-refractivity contribution in [3.63, 3.8) is 0 Å². The van der Waals surface area contributed by atoms with Crippen molar-refractivity contribution in [3.8, 4) is 0 Å². The van der Waals surface area contributed by atoms with Crippen LogP contribution < -0.4 is 0 Å². The van der Waals surface area contributed by atoms with E-state index in [9.17, 15) is 26.3 Å². The van der Waals surface area contributed by atoms with E-state index in [1.807, 2.05) is 22.6 Å². The molecular formula is C10H7F6I. The standard InChI is InChI=1S/C10H7F6I/c11-9(12,13)7-3-6(1-2-17)4-8(5-7)10(14,15)16/h3-5H,1-2H2. The van der Waals surface area contributed by atoms with Crippen molar-refractivity contribution in [2.45, 2.75) is 18.8 Å². The van der Waals surface area contributed by atoms with E-state index in [0.717, 1.165) is 12.1 Å². The van der Waals surface area contributed by atoms with Crippen LogP contribution in [0.5, 0.6) is 0 Å². The molecule has 96 valence electrons. The van der Waals surface area contributed by atoms with Crippen molar-refractivity contribution < 1.29 is 26.3 Å². The highest BCUT2D eigenvalue weighted by molar-refractivity contribution is 14.1. The molecular weight excluding hydrogens is 361 g/mol. The number of rotatable bonds is 2. The van der Waals surface area contributed by atoms with Crippen molar-refractivity contribution in [2.75, 3.05) is 4.43 Å². The molecule has 0 nitrogen and oxygen atoms in total. The Labute approximate surface area is 107 Å². The van der Waals surface area contributed by atoms with Crippen molar-refractivity contribution in [1.29, 1.82) is 0 Å². The van der Waals surface area contributed by atoms with E-state index in [-0.39, 0.29) is 18.1 Å². The molecule has 17 heavy (non-hydrogen) atoms. The fourth-order valence-electron chi connectivity index (χ4n) is 1.27. The Kier molecular flexibility index (Phi) is 4.32. The Morgan fingerprint density at radius 3 is 1.53 bits per heavy atom.